The molecule has 0 radical (unpaired) electrons. The third-order valence-corrected chi connectivity index (χ3v) is 3.89. The lowest BCUT2D eigenvalue weighted by Gasteiger charge is -2.13. The fraction of sp³-hybridized carbons (Fsp3) is 0.667. The molecular formula is C9H15N3O4S2. The fourth-order valence-electron chi connectivity index (χ4n) is 1.06. The van der Waals surface area contributed by atoms with Crippen molar-refractivity contribution in [2.75, 3.05) is 38.4 Å². The van der Waals surface area contributed by atoms with Crippen molar-refractivity contribution in [1.82, 2.24) is 10.2 Å². The molecule has 7 nitrogen and oxygen atoms in total. The van der Waals surface area contributed by atoms with Crippen LogP contribution in [0.15, 0.2) is 4.34 Å². The van der Waals surface area contributed by atoms with Crippen LogP contribution in [0, 0.1) is 0 Å². The van der Waals surface area contributed by atoms with Gasteiger partial charge in [0.1, 0.15) is 0 Å². The molecule has 0 amide bonds. The van der Waals surface area contributed by atoms with Gasteiger partial charge in [-0.2, -0.15) is 0 Å². The molecule has 1 unspecified atom stereocenters. The number of methoxy groups -OCH3 is 2. The average Bonchev–Trinajstić information content (AvgIpc) is 2.80. The van der Waals surface area contributed by atoms with E-state index in [9.17, 15) is 4.79 Å². The Bertz CT molecular complexity index is 374. The van der Waals surface area contributed by atoms with Crippen LogP contribution in [0.3, 0.4) is 0 Å². The van der Waals surface area contributed by atoms with Gasteiger partial charge in [-0.15, -0.1) is 10.2 Å². The number of carboxylic acids is 1. The SMILES string of the molecule is COCC(CNc1nnc(SCC(=O)O)s1)OC. The first-order valence-electron chi connectivity index (χ1n) is 5.09. The molecule has 1 rings (SSSR count). The number of nitrogens with zero attached hydrogens (tertiary/aromatic N) is 2. The molecule has 0 aromatic carbocycles. The highest BCUT2D eigenvalue weighted by Crippen LogP contribution is 2.25. The van der Waals surface area contributed by atoms with E-state index in [0.29, 0.717) is 22.6 Å². The number of hydrogen-bond donors (Lipinski definition) is 2. The Kier molecular flexibility index (Phi) is 6.94. The molecule has 0 bridgehead atoms. The summed E-state index contributed by atoms with van der Waals surface area (Å²) in [4.78, 5) is 10.4. The van der Waals surface area contributed by atoms with Crippen molar-refractivity contribution < 1.29 is 19.4 Å². The predicted molar refractivity (Wildman–Crippen MR) is 69.4 cm³/mol. The van der Waals surface area contributed by atoms with Gasteiger partial charge in [-0.25, -0.2) is 0 Å². The molecule has 1 aromatic heterocycles. The summed E-state index contributed by atoms with van der Waals surface area (Å²) in [6.45, 7) is 1.05. The Morgan fingerprint density at radius 1 is 1.56 bits per heavy atom. The largest absolute Gasteiger partial charge is 0.481 e. The average molecular weight is 293 g/mol. The van der Waals surface area contributed by atoms with Gasteiger partial charge in [0.25, 0.3) is 0 Å². The lowest BCUT2D eigenvalue weighted by Crippen LogP contribution is -2.26. The quantitative estimate of drug-likeness (QED) is 0.645. The van der Waals surface area contributed by atoms with Crippen LogP contribution in [-0.4, -0.2) is 60.5 Å². The zero-order valence-corrected chi connectivity index (χ0v) is 11.7. The van der Waals surface area contributed by atoms with Crippen molar-refractivity contribution in [2.24, 2.45) is 0 Å². The maximum absolute atomic E-state index is 10.4. The van der Waals surface area contributed by atoms with Gasteiger partial charge in [0.2, 0.25) is 5.13 Å². The van der Waals surface area contributed by atoms with Crippen molar-refractivity contribution in [3.8, 4) is 0 Å². The molecule has 0 saturated heterocycles. The molecule has 1 aromatic rings. The van der Waals surface area contributed by atoms with E-state index in [-0.39, 0.29) is 11.9 Å². The van der Waals surface area contributed by atoms with Crippen LogP contribution in [0.4, 0.5) is 5.13 Å². The standard InChI is InChI=1S/C9H15N3O4S2/c1-15-4-6(16-2)3-10-8-11-12-9(18-8)17-5-7(13)14/h6H,3-5H2,1-2H3,(H,10,11)(H,13,14). The van der Waals surface area contributed by atoms with Gasteiger partial charge in [-0.05, 0) is 0 Å². The summed E-state index contributed by atoms with van der Waals surface area (Å²) in [5, 5.41) is 20.0. The maximum atomic E-state index is 10.4. The van der Waals surface area contributed by atoms with Crippen LogP contribution in [0.2, 0.25) is 0 Å². The van der Waals surface area contributed by atoms with Crippen molar-refractivity contribution in [1.29, 1.82) is 0 Å². The Balaban J connectivity index is 2.36. The summed E-state index contributed by atoms with van der Waals surface area (Å²) < 4.78 is 10.8. The minimum atomic E-state index is -0.871. The molecule has 0 fully saturated rings. The lowest BCUT2D eigenvalue weighted by molar-refractivity contribution is -0.133. The molecule has 1 atom stereocenters. The number of rotatable bonds is 9. The van der Waals surface area contributed by atoms with Gasteiger partial charge in [-0.3, -0.25) is 4.79 Å². The summed E-state index contributed by atoms with van der Waals surface area (Å²) in [7, 11) is 3.22. The molecule has 9 heteroatoms. The molecule has 0 saturated carbocycles. The van der Waals surface area contributed by atoms with E-state index in [1.807, 2.05) is 0 Å². The van der Waals surface area contributed by atoms with Gasteiger partial charge in [0.15, 0.2) is 4.34 Å². The van der Waals surface area contributed by atoms with Gasteiger partial charge >= 0.3 is 5.97 Å². The Hall–Kier alpha value is -0.900. The number of thioether (sulfide) groups is 1. The zero-order chi connectivity index (χ0) is 13.4. The molecule has 0 aliphatic rings. The Morgan fingerprint density at radius 2 is 2.33 bits per heavy atom. The van der Waals surface area contributed by atoms with E-state index >= 15 is 0 Å². The van der Waals surface area contributed by atoms with Crippen LogP contribution < -0.4 is 5.32 Å². The highest BCUT2D eigenvalue weighted by molar-refractivity contribution is 8.01. The van der Waals surface area contributed by atoms with E-state index in [0.717, 1.165) is 11.8 Å². The lowest BCUT2D eigenvalue weighted by atomic mass is 10.4. The highest BCUT2D eigenvalue weighted by atomic mass is 32.2. The Labute approximate surface area is 113 Å². The minimum absolute atomic E-state index is 0.0149. The van der Waals surface area contributed by atoms with Crippen LogP contribution in [0.5, 0.6) is 0 Å². The van der Waals surface area contributed by atoms with E-state index in [1.54, 1.807) is 14.2 Å². The van der Waals surface area contributed by atoms with Crippen molar-refractivity contribution >= 4 is 34.2 Å². The van der Waals surface area contributed by atoms with Crippen molar-refractivity contribution in [2.45, 2.75) is 10.4 Å². The second kappa shape index (κ2) is 8.25. The van der Waals surface area contributed by atoms with E-state index in [1.165, 1.54) is 11.3 Å². The van der Waals surface area contributed by atoms with E-state index in [2.05, 4.69) is 15.5 Å². The maximum Gasteiger partial charge on any atom is 0.313 e. The minimum Gasteiger partial charge on any atom is -0.481 e. The molecule has 0 aliphatic carbocycles. The number of anilines is 1. The summed E-state index contributed by atoms with van der Waals surface area (Å²) in [5.74, 6) is -0.886. The topological polar surface area (TPSA) is 93.6 Å². The van der Waals surface area contributed by atoms with Gasteiger partial charge in [0, 0.05) is 20.8 Å². The smallest absolute Gasteiger partial charge is 0.313 e. The first-order chi connectivity index (χ1) is 8.65. The number of nitrogens with one attached hydrogen (secondary N) is 1. The molecule has 0 aliphatic heterocycles. The summed E-state index contributed by atoms with van der Waals surface area (Å²) in [6, 6.07) is 0. The van der Waals surface area contributed by atoms with E-state index < -0.39 is 5.97 Å². The molecule has 102 valence electrons. The van der Waals surface area contributed by atoms with Gasteiger partial charge < -0.3 is 19.9 Å². The first kappa shape index (κ1) is 15.2. The second-order valence-electron chi connectivity index (χ2n) is 3.25. The first-order valence-corrected chi connectivity index (χ1v) is 6.89. The molecular weight excluding hydrogens is 278 g/mol. The zero-order valence-electron chi connectivity index (χ0n) is 10.1. The summed E-state index contributed by atoms with van der Waals surface area (Å²) >= 11 is 2.46. The number of aromatic nitrogens is 2. The molecule has 2 N–H and O–H groups in total. The number of hydrogen-bond acceptors (Lipinski definition) is 8. The third-order valence-electron chi connectivity index (χ3n) is 1.89. The van der Waals surface area contributed by atoms with Crippen LogP contribution in [-0.2, 0) is 14.3 Å². The van der Waals surface area contributed by atoms with Crippen LogP contribution in [0.25, 0.3) is 0 Å². The molecule has 18 heavy (non-hydrogen) atoms. The normalized spacial score (nSPS) is 12.3. The van der Waals surface area contributed by atoms with Crippen molar-refractivity contribution in [3.63, 3.8) is 0 Å². The predicted octanol–water partition coefficient (Wildman–Crippen LogP) is 0.788. The number of carbonyl (C=O) groups is 1. The molecule has 0 spiro atoms. The van der Waals surface area contributed by atoms with Gasteiger partial charge in [-0.1, -0.05) is 23.1 Å². The second-order valence-corrected chi connectivity index (χ2v) is 5.45. The third kappa shape index (κ3) is 5.63. The highest BCUT2D eigenvalue weighted by Gasteiger charge is 2.10. The molecule has 1 heterocycles. The van der Waals surface area contributed by atoms with Crippen LogP contribution >= 0.6 is 23.1 Å². The number of aliphatic carboxylic acids is 1. The number of ether oxygens (including phenoxy) is 2. The summed E-state index contributed by atoms with van der Waals surface area (Å²) in [6.07, 6.45) is -0.0611. The monoisotopic (exact) mass is 293 g/mol. The van der Waals surface area contributed by atoms with Gasteiger partial charge in [0.05, 0.1) is 18.5 Å². The Morgan fingerprint density at radius 3 is 2.94 bits per heavy atom. The summed E-state index contributed by atoms with van der Waals surface area (Å²) in [5.41, 5.74) is 0. The number of carboxylic acid groups (broad SMARTS) is 1. The fourth-order valence-corrected chi connectivity index (χ4v) is 2.54. The van der Waals surface area contributed by atoms with E-state index in [4.69, 9.17) is 14.6 Å². The van der Waals surface area contributed by atoms with Crippen molar-refractivity contribution in [3.05, 3.63) is 0 Å². The van der Waals surface area contributed by atoms with Crippen LogP contribution in [0.1, 0.15) is 0 Å².